The molecule has 0 aliphatic carbocycles. The van der Waals surface area contributed by atoms with E-state index in [-0.39, 0.29) is 17.9 Å². The molecule has 1 aliphatic heterocycles. The molecule has 1 saturated heterocycles. The van der Waals surface area contributed by atoms with Crippen LogP contribution in [0.15, 0.2) is 48.5 Å². The van der Waals surface area contributed by atoms with E-state index in [4.69, 9.17) is 16.7 Å². The third-order valence-electron chi connectivity index (χ3n) is 7.14. The standard InChI is InChI=1S/C28H36ClFN6O/c1-5-20(3)35(28(37)31-24-12-10-22(29)11-13-24)19-26-21(4)32-36(25-9-7-8-23(30)18-25)27(26)34-16-14-33(6-2)15-17-34/h7-13,18,20H,5-6,14-17,19H2,1-4H3,(H,31,37)/t20-/m0/s1. The minimum absolute atomic E-state index is 0.00555. The number of piperazine rings is 1. The van der Waals surface area contributed by atoms with Crippen LogP contribution in [0.3, 0.4) is 0 Å². The van der Waals surface area contributed by atoms with Crippen molar-refractivity contribution in [3.63, 3.8) is 0 Å². The van der Waals surface area contributed by atoms with Crippen LogP contribution in [-0.4, -0.2) is 64.4 Å². The molecule has 7 nitrogen and oxygen atoms in total. The van der Waals surface area contributed by atoms with Crippen molar-refractivity contribution in [2.75, 3.05) is 42.9 Å². The molecule has 37 heavy (non-hydrogen) atoms. The first-order chi connectivity index (χ1) is 17.8. The number of aryl methyl sites for hydroxylation is 1. The number of hydrogen-bond acceptors (Lipinski definition) is 4. The van der Waals surface area contributed by atoms with Gasteiger partial charge in [-0.2, -0.15) is 5.10 Å². The maximum atomic E-state index is 14.2. The molecule has 1 aromatic heterocycles. The number of nitrogens with zero attached hydrogens (tertiary/aromatic N) is 5. The highest BCUT2D eigenvalue weighted by atomic mass is 35.5. The van der Waals surface area contributed by atoms with E-state index in [1.807, 2.05) is 29.5 Å². The number of likely N-dealkylation sites (N-methyl/N-ethyl adjacent to an activating group) is 1. The van der Waals surface area contributed by atoms with Gasteiger partial charge in [0.1, 0.15) is 11.6 Å². The molecule has 1 N–H and O–H groups in total. The number of rotatable bonds is 8. The Morgan fingerprint density at radius 1 is 1.14 bits per heavy atom. The molecular weight excluding hydrogens is 491 g/mol. The minimum Gasteiger partial charge on any atom is -0.354 e. The Kier molecular flexibility index (Phi) is 8.71. The molecule has 0 bridgehead atoms. The van der Waals surface area contributed by atoms with Gasteiger partial charge < -0.3 is 20.0 Å². The molecule has 9 heteroatoms. The second kappa shape index (κ2) is 12.0. The van der Waals surface area contributed by atoms with Gasteiger partial charge >= 0.3 is 6.03 Å². The third kappa shape index (κ3) is 6.25. The van der Waals surface area contributed by atoms with Crippen LogP contribution in [0.2, 0.25) is 5.02 Å². The highest BCUT2D eigenvalue weighted by Gasteiger charge is 2.29. The van der Waals surface area contributed by atoms with Crippen LogP contribution in [0, 0.1) is 12.7 Å². The van der Waals surface area contributed by atoms with Crippen molar-refractivity contribution in [2.45, 2.75) is 46.7 Å². The number of anilines is 2. The number of aromatic nitrogens is 2. The molecule has 0 spiro atoms. The van der Waals surface area contributed by atoms with Gasteiger partial charge in [0.05, 0.1) is 17.9 Å². The van der Waals surface area contributed by atoms with E-state index < -0.39 is 0 Å². The predicted octanol–water partition coefficient (Wildman–Crippen LogP) is 5.95. The molecule has 0 saturated carbocycles. The largest absolute Gasteiger partial charge is 0.354 e. The van der Waals surface area contributed by atoms with E-state index >= 15 is 0 Å². The summed E-state index contributed by atoms with van der Waals surface area (Å²) in [5.74, 6) is 0.615. The summed E-state index contributed by atoms with van der Waals surface area (Å²) in [6.07, 6.45) is 0.801. The number of benzene rings is 2. The highest BCUT2D eigenvalue weighted by Crippen LogP contribution is 2.31. The third-order valence-corrected chi connectivity index (χ3v) is 7.39. The predicted molar refractivity (Wildman–Crippen MR) is 148 cm³/mol. The Morgan fingerprint density at radius 3 is 2.46 bits per heavy atom. The van der Waals surface area contributed by atoms with E-state index in [0.717, 1.165) is 56.2 Å². The topological polar surface area (TPSA) is 56.6 Å². The number of amides is 2. The Bertz CT molecular complexity index is 1210. The van der Waals surface area contributed by atoms with Crippen LogP contribution < -0.4 is 10.2 Å². The van der Waals surface area contributed by atoms with Gasteiger partial charge in [0.25, 0.3) is 0 Å². The zero-order valence-corrected chi connectivity index (χ0v) is 22.8. The molecular formula is C28H36ClFN6O. The van der Waals surface area contributed by atoms with E-state index in [2.05, 4.69) is 29.0 Å². The van der Waals surface area contributed by atoms with E-state index in [1.54, 1.807) is 30.3 Å². The van der Waals surface area contributed by atoms with Crippen molar-refractivity contribution in [3.8, 4) is 5.69 Å². The van der Waals surface area contributed by atoms with Crippen molar-refractivity contribution >= 4 is 29.1 Å². The van der Waals surface area contributed by atoms with Gasteiger partial charge in [-0.1, -0.05) is 31.5 Å². The van der Waals surface area contributed by atoms with Crippen LogP contribution in [-0.2, 0) is 6.54 Å². The average molecular weight is 527 g/mol. The van der Waals surface area contributed by atoms with Gasteiger partial charge in [-0.25, -0.2) is 13.9 Å². The lowest BCUT2D eigenvalue weighted by molar-refractivity contribution is 0.187. The molecule has 2 amide bonds. The van der Waals surface area contributed by atoms with Crippen molar-refractivity contribution in [1.82, 2.24) is 19.6 Å². The zero-order chi connectivity index (χ0) is 26.5. The van der Waals surface area contributed by atoms with Gasteiger partial charge in [0.2, 0.25) is 0 Å². The molecule has 2 heterocycles. The molecule has 1 aliphatic rings. The molecule has 0 radical (unpaired) electrons. The highest BCUT2D eigenvalue weighted by molar-refractivity contribution is 6.30. The summed E-state index contributed by atoms with van der Waals surface area (Å²) in [5.41, 5.74) is 3.15. The van der Waals surface area contributed by atoms with Crippen molar-refractivity contribution in [3.05, 3.63) is 70.6 Å². The number of nitrogens with one attached hydrogen (secondary N) is 1. The first-order valence-corrected chi connectivity index (χ1v) is 13.3. The van der Waals surface area contributed by atoms with Crippen LogP contribution >= 0.6 is 11.6 Å². The number of halogens is 2. The lowest BCUT2D eigenvalue weighted by Gasteiger charge is -2.37. The van der Waals surface area contributed by atoms with Crippen LogP contribution in [0.4, 0.5) is 20.7 Å². The lowest BCUT2D eigenvalue weighted by Crippen LogP contribution is -2.47. The molecule has 1 fully saturated rings. The number of carbonyl (C=O) groups excluding carboxylic acids is 1. The van der Waals surface area contributed by atoms with Gasteiger partial charge in [-0.15, -0.1) is 0 Å². The molecule has 3 aromatic rings. The minimum atomic E-state index is -0.308. The second-order valence-electron chi connectivity index (χ2n) is 9.52. The molecule has 0 unspecified atom stereocenters. The summed E-state index contributed by atoms with van der Waals surface area (Å²) in [4.78, 5) is 20.1. The van der Waals surface area contributed by atoms with Gasteiger partial charge in [-0.05, 0) is 69.3 Å². The maximum absolute atomic E-state index is 14.2. The Labute approximate surface area is 223 Å². The Morgan fingerprint density at radius 2 is 1.84 bits per heavy atom. The fraction of sp³-hybridized carbons (Fsp3) is 0.429. The van der Waals surface area contributed by atoms with Gasteiger partial charge in [0.15, 0.2) is 0 Å². The second-order valence-corrected chi connectivity index (χ2v) is 9.96. The number of carbonyl (C=O) groups is 1. The Hall–Kier alpha value is -3.10. The fourth-order valence-electron chi connectivity index (χ4n) is 4.67. The molecule has 1 atom stereocenters. The van der Waals surface area contributed by atoms with Crippen molar-refractivity contribution < 1.29 is 9.18 Å². The summed E-state index contributed by atoms with van der Waals surface area (Å²) < 4.78 is 16.0. The summed E-state index contributed by atoms with van der Waals surface area (Å²) in [6, 6.07) is 13.4. The monoisotopic (exact) mass is 526 g/mol. The first kappa shape index (κ1) is 26.9. The fourth-order valence-corrected chi connectivity index (χ4v) is 4.79. The van der Waals surface area contributed by atoms with Crippen molar-refractivity contribution in [1.29, 1.82) is 0 Å². The maximum Gasteiger partial charge on any atom is 0.322 e. The first-order valence-electron chi connectivity index (χ1n) is 13.0. The van der Waals surface area contributed by atoms with Crippen LogP contribution in [0.1, 0.15) is 38.4 Å². The van der Waals surface area contributed by atoms with Crippen LogP contribution in [0.5, 0.6) is 0 Å². The molecule has 4 rings (SSSR count). The lowest BCUT2D eigenvalue weighted by atomic mass is 10.1. The molecule has 198 valence electrons. The summed E-state index contributed by atoms with van der Waals surface area (Å²) in [7, 11) is 0. The van der Waals surface area contributed by atoms with Crippen LogP contribution in [0.25, 0.3) is 5.69 Å². The molecule has 2 aromatic carbocycles. The SMILES string of the molecule is CC[C@H](C)N(Cc1c(C)nn(-c2cccc(F)c2)c1N1CCN(CC)CC1)C(=O)Nc1ccc(Cl)cc1. The quantitative estimate of drug-likeness (QED) is 0.394. The summed E-state index contributed by atoms with van der Waals surface area (Å²) in [5, 5.41) is 8.48. The normalized spacial score (nSPS) is 15.0. The van der Waals surface area contributed by atoms with E-state index in [0.29, 0.717) is 22.9 Å². The zero-order valence-electron chi connectivity index (χ0n) is 22.0. The van der Waals surface area contributed by atoms with Gasteiger partial charge in [0, 0.05) is 48.5 Å². The van der Waals surface area contributed by atoms with Gasteiger partial charge in [-0.3, -0.25) is 0 Å². The van der Waals surface area contributed by atoms with E-state index in [9.17, 15) is 9.18 Å². The summed E-state index contributed by atoms with van der Waals surface area (Å²) in [6.45, 7) is 13.2. The number of urea groups is 1. The van der Waals surface area contributed by atoms with E-state index in [1.165, 1.54) is 12.1 Å². The summed E-state index contributed by atoms with van der Waals surface area (Å²) >= 11 is 6.02. The Balaban J connectivity index is 1.71. The smallest absolute Gasteiger partial charge is 0.322 e. The average Bonchev–Trinajstić information content (AvgIpc) is 3.23. The van der Waals surface area contributed by atoms with Crippen molar-refractivity contribution in [2.24, 2.45) is 0 Å². The number of hydrogen-bond donors (Lipinski definition) is 1.